The number of piperazine rings is 1. The second kappa shape index (κ2) is 10.0. The van der Waals surface area contributed by atoms with Gasteiger partial charge in [-0.05, 0) is 30.7 Å². The largest absolute Gasteiger partial charge is 0.381 e. The molecular weight excluding hydrogens is 490 g/mol. The number of nitrogens with zero attached hydrogens (tertiary/aromatic N) is 5. The van der Waals surface area contributed by atoms with E-state index in [9.17, 15) is 13.5 Å². The predicted octanol–water partition coefficient (Wildman–Crippen LogP) is 2.28. The van der Waals surface area contributed by atoms with Crippen LogP contribution in [0, 0.1) is 0 Å². The molecule has 2 aromatic heterocycles. The van der Waals surface area contributed by atoms with Crippen molar-refractivity contribution in [2.45, 2.75) is 19.2 Å². The molecule has 9 nitrogen and oxygen atoms in total. The minimum atomic E-state index is -3.28. The number of aliphatic hydroxyl groups excluding tert-OH is 1. The Kier molecular flexibility index (Phi) is 7.02. The maximum atomic E-state index is 12.5. The van der Waals surface area contributed by atoms with Gasteiger partial charge in [-0.2, -0.15) is 0 Å². The quantitative estimate of drug-likeness (QED) is 0.512. The number of ether oxygens (including phenoxy) is 1. The average Bonchev–Trinajstić information content (AvgIpc) is 3.39. The summed E-state index contributed by atoms with van der Waals surface area (Å²) in [6.45, 7) is 4.46. The van der Waals surface area contributed by atoms with Crippen LogP contribution in [0.3, 0.4) is 0 Å². The third kappa shape index (κ3) is 5.04. The highest BCUT2D eigenvalue weighted by atomic mass is 35.5. The van der Waals surface area contributed by atoms with Gasteiger partial charge < -0.3 is 9.84 Å². The fraction of sp³-hybridized carbons (Fsp3) is 0.458. The van der Waals surface area contributed by atoms with Crippen LogP contribution in [0.4, 0.5) is 5.69 Å². The number of hydrogen-bond acceptors (Lipinski definition) is 7. The predicted molar refractivity (Wildman–Crippen MR) is 136 cm³/mol. The lowest BCUT2D eigenvalue weighted by atomic mass is 10.1. The molecule has 1 atom stereocenters. The first-order valence-corrected chi connectivity index (χ1v) is 13.8. The number of rotatable bonds is 7. The summed E-state index contributed by atoms with van der Waals surface area (Å²) < 4.78 is 33.7. The highest BCUT2D eigenvalue weighted by molar-refractivity contribution is 7.93. The Hall–Kier alpha value is -2.21. The van der Waals surface area contributed by atoms with E-state index in [1.54, 1.807) is 7.11 Å². The second-order valence-corrected chi connectivity index (χ2v) is 11.5. The van der Waals surface area contributed by atoms with Gasteiger partial charge in [0.1, 0.15) is 11.9 Å². The van der Waals surface area contributed by atoms with Gasteiger partial charge in [-0.15, -0.1) is 0 Å². The van der Waals surface area contributed by atoms with E-state index in [4.69, 9.17) is 21.3 Å². The van der Waals surface area contributed by atoms with Gasteiger partial charge in [0.2, 0.25) is 10.0 Å². The first-order chi connectivity index (χ1) is 16.9. The molecule has 2 aliphatic heterocycles. The maximum absolute atomic E-state index is 12.5. The normalized spacial score (nSPS) is 20.0. The molecule has 1 N–H and O–H groups in total. The summed E-state index contributed by atoms with van der Waals surface area (Å²) >= 11 is 6.12. The van der Waals surface area contributed by atoms with E-state index in [0.29, 0.717) is 30.2 Å². The van der Waals surface area contributed by atoms with E-state index in [-0.39, 0.29) is 12.4 Å². The van der Waals surface area contributed by atoms with Crippen molar-refractivity contribution < 1.29 is 18.3 Å². The summed E-state index contributed by atoms with van der Waals surface area (Å²) in [5.41, 5.74) is 4.22. The molecule has 4 heterocycles. The number of hydrogen-bond donors (Lipinski definition) is 1. The molecule has 0 saturated carbocycles. The monoisotopic (exact) mass is 519 g/mol. The van der Waals surface area contributed by atoms with Gasteiger partial charge in [-0.1, -0.05) is 23.7 Å². The molecule has 11 heteroatoms. The Morgan fingerprint density at radius 1 is 1.09 bits per heavy atom. The summed E-state index contributed by atoms with van der Waals surface area (Å²) in [5, 5.41) is 10.9. The Morgan fingerprint density at radius 3 is 2.49 bits per heavy atom. The van der Waals surface area contributed by atoms with Crippen LogP contribution >= 0.6 is 11.6 Å². The fourth-order valence-corrected chi connectivity index (χ4v) is 6.51. The molecule has 5 rings (SSSR count). The molecule has 2 fully saturated rings. The number of fused-ring (bicyclic) bond motifs is 1. The molecule has 2 saturated heterocycles. The first kappa shape index (κ1) is 24.5. The second-order valence-electron chi connectivity index (χ2n) is 9.02. The standard InChI is InChI=1S/C24H30ClN5O4S/c1-34-17-23(31)28-12-10-27(11-13-28)16-21-24(18-3-5-19(25)6-4-18)26-22-8-7-20(15-29(21)22)30-9-2-14-35(30,32)33/h3-8,15,23,31H,2,9-14,16-17H2,1H3. The molecule has 1 unspecified atom stereocenters. The van der Waals surface area contributed by atoms with Crippen LogP contribution in [0.2, 0.25) is 5.02 Å². The van der Waals surface area contributed by atoms with Gasteiger partial charge in [0.05, 0.1) is 29.4 Å². The average molecular weight is 520 g/mol. The number of benzene rings is 1. The van der Waals surface area contributed by atoms with E-state index in [0.717, 1.165) is 48.8 Å². The summed E-state index contributed by atoms with van der Waals surface area (Å²) in [4.78, 5) is 9.26. The Bertz CT molecular complexity index is 1290. The van der Waals surface area contributed by atoms with Crippen molar-refractivity contribution in [3.8, 4) is 11.3 Å². The van der Waals surface area contributed by atoms with Crippen molar-refractivity contribution >= 4 is 33.0 Å². The minimum absolute atomic E-state index is 0.178. The molecule has 0 bridgehead atoms. The number of aliphatic hydroxyl groups is 1. The minimum Gasteiger partial charge on any atom is -0.381 e. The first-order valence-electron chi connectivity index (χ1n) is 11.8. The van der Waals surface area contributed by atoms with Crippen LogP contribution < -0.4 is 4.31 Å². The molecular formula is C24H30ClN5O4S. The molecule has 0 radical (unpaired) electrons. The summed E-state index contributed by atoms with van der Waals surface area (Å²) in [6, 6.07) is 11.3. The van der Waals surface area contributed by atoms with E-state index in [1.165, 1.54) is 4.31 Å². The van der Waals surface area contributed by atoms with E-state index in [2.05, 4.69) is 4.90 Å². The molecule has 1 aromatic carbocycles. The Labute approximate surface area is 210 Å². The lowest BCUT2D eigenvalue weighted by Gasteiger charge is -2.37. The number of imidazole rings is 1. The molecule has 0 amide bonds. The number of halogens is 1. The van der Waals surface area contributed by atoms with Crippen molar-refractivity contribution in [1.82, 2.24) is 19.2 Å². The highest BCUT2D eigenvalue weighted by Crippen LogP contribution is 2.30. The molecule has 2 aliphatic rings. The van der Waals surface area contributed by atoms with Crippen molar-refractivity contribution in [3.63, 3.8) is 0 Å². The zero-order valence-electron chi connectivity index (χ0n) is 19.7. The van der Waals surface area contributed by atoms with Gasteiger partial charge in [0.25, 0.3) is 0 Å². The zero-order chi connectivity index (χ0) is 24.6. The smallest absolute Gasteiger partial charge is 0.235 e. The van der Waals surface area contributed by atoms with Crippen LogP contribution in [0.15, 0.2) is 42.6 Å². The number of aromatic nitrogens is 2. The van der Waals surface area contributed by atoms with Crippen molar-refractivity contribution in [1.29, 1.82) is 0 Å². The van der Waals surface area contributed by atoms with Crippen molar-refractivity contribution in [2.24, 2.45) is 0 Å². The van der Waals surface area contributed by atoms with E-state index >= 15 is 0 Å². The van der Waals surface area contributed by atoms with Crippen molar-refractivity contribution in [3.05, 3.63) is 53.3 Å². The summed E-state index contributed by atoms with van der Waals surface area (Å²) in [7, 11) is -1.70. The zero-order valence-corrected chi connectivity index (χ0v) is 21.2. The van der Waals surface area contributed by atoms with Gasteiger partial charge in [0, 0.05) is 63.2 Å². The van der Waals surface area contributed by atoms with Crippen LogP contribution in [-0.4, -0.2) is 91.1 Å². The van der Waals surface area contributed by atoms with Gasteiger partial charge in [-0.3, -0.25) is 18.5 Å². The Morgan fingerprint density at radius 2 is 1.83 bits per heavy atom. The lowest BCUT2D eigenvalue weighted by Crippen LogP contribution is -2.51. The van der Waals surface area contributed by atoms with E-state index < -0.39 is 16.3 Å². The topological polar surface area (TPSA) is 90.6 Å². The fourth-order valence-electron chi connectivity index (χ4n) is 4.83. The van der Waals surface area contributed by atoms with Gasteiger partial charge >= 0.3 is 0 Å². The third-order valence-electron chi connectivity index (χ3n) is 6.72. The number of sulfonamides is 1. The molecule has 3 aromatic rings. The van der Waals surface area contributed by atoms with Crippen LogP contribution in [0.25, 0.3) is 16.9 Å². The third-order valence-corrected chi connectivity index (χ3v) is 8.85. The van der Waals surface area contributed by atoms with Crippen LogP contribution in [0.1, 0.15) is 12.1 Å². The molecule has 188 valence electrons. The summed E-state index contributed by atoms with van der Waals surface area (Å²) in [5.74, 6) is 0.178. The van der Waals surface area contributed by atoms with Gasteiger partial charge in [-0.25, -0.2) is 13.4 Å². The Balaban J connectivity index is 1.49. The molecule has 35 heavy (non-hydrogen) atoms. The van der Waals surface area contributed by atoms with Crippen molar-refractivity contribution in [2.75, 3.05) is 56.5 Å². The number of pyridine rings is 1. The summed E-state index contributed by atoms with van der Waals surface area (Å²) in [6.07, 6.45) is 1.91. The van der Waals surface area contributed by atoms with Crippen LogP contribution in [0.5, 0.6) is 0 Å². The lowest BCUT2D eigenvalue weighted by molar-refractivity contribution is -0.0656. The number of anilines is 1. The maximum Gasteiger partial charge on any atom is 0.235 e. The van der Waals surface area contributed by atoms with Crippen LogP contribution in [-0.2, 0) is 21.3 Å². The highest BCUT2D eigenvalue weighted by Gasteiger charge is 2.29. The van der Waals surface area contributed by atoms with Gasteiger partial charge in [0.15, 0.2) is 0 Å². The molecule has 0 aliphatic carbocycles. The number of methoxy groups -OCH3 is 1. The molecule has 0 spiro atoms. The SMILES string of the molecule is COCC(O)N1CCN(Cc2c(-c3ccc(Cl)cc3)nc3ccc(N4CCCS4(=O)=O)cn23)CC1. The van der Waals surface area contributed by atoms with E-state index in [1.807, 2.05) is 51.9 Å².